The van der Waals surface area contributed by atoms with Crippen molar-refractivity contribution in [1.29, 1.82) is 0 Å². The van der Waals surface area contributed by atoms with Gasteiger partial charge in [-0.15, -0.1) is 0 Å². The quantitative estimate of drug-likeness (QED) is 0.240. The fourth-order valence-corrected chi connectivity index (χ4v) is 4.98. The molecule has 0 unspecified atom stereocenters. The molecule has 0 fully saturated rings. The maximum atomic E-state index is 2.33. The minimum absolute atomic E-state index is 1.14. The van der Waals surface area contributed by atoms with E-state index >= 15 is 0 Å². The van der Waals surface area contributed by atoms with Crippen molar-refractivity contribution >= 4 is 27.8 Å². The van der Waals surface area contributed by atoms with E-state index in [2.05, 4.69) is 158 Å². The first-order valence-corrected chi connectivity index (χ1v) is 12.8. The van der Waals surface area contributed by atoms with Crippen molar-refractivity contribution in [3.05, 3.63) is 151 Å². The second kappa shape index (κ2) is 9.79. The van der Waals surface area contributed by atoms with Gasteiger partial charge < -0.3 is 4.90 Å². The molecule has 178 valence electrons. The Morgan fingerprint density at radius 1 is 0.405 bits per heavy atom. The van der Waals surface area contributed by atoms with Gasteiger partial charge in [0.2, 0.25) is 0 Å². The Morgan fingerprint density at radius 3 is 1.65 bits per heavy atom. The normalized spacial score (nSPS) is 11.0. The molecular formula is C36H29N. The Balaban J connectivity index is 1.38. The highest BCUT2D eigenvalue weighted by atomic mass is 15.1. The summed E-state index contributed by atoms with van der Waals surface area (Å²) in [6, 6.07) is 50.3. The lowest BCUT2D eigenvalue weighted by Gasteiger charge is -2.26. The van der Waals surface area contributed by atoms with Crippen molar-refractivity contribution in [2.75, 3.05) is 4.90 Å². The summed E-state index contributed by atoms with van der Waals surface area (Å²) in [7, 11) is 0. The Morgan fingerprint density at radius 2 is 0.973 bits per heavy atom. The molecule has 0 saturated heterocycles. The summed E-state index contributed by atoms with van der Waals surface area (Å²) < 4.78 is 0. The standard InChI is InChI=1S/C36H29N/c1-26-13-21-32(22-14-26)37(33-23-15-27(2)16-24-33)34-10-5-9-31(25-34)28-17-19-30(20-18-28)36-12-6-8-29-7-3-4-11-35(29)36/h3-25H,1-2H3. The van der Waals surface area contributed by atoms with E-state index in [4.69, 9.17) is 0 Å². The third-order valence-corrected chi connectivity index (χ3v) is 7.01. The first-order chi connectivity index (χ1) is 18.2. The lowest BCUT2D eigenvalue weighted by atomic mass is 9.96. The number of nitrogens with zero attached hydrogens (tertiary/aromatic N) is 1. The van der Waals surface area contributed by atoms with Gasteiger partial charge in [0.15, 0.2) is 0 Å². The number of fused-ring (bicyclic) bond motifs is 1. The van der Waals surface area contributed by atoms with Gasteiger partial charge in [-0.2, -0.15) is 0 Å². The van der Waals surface area contributed by atoms with Gasteiger partial charge in [0, 0.05) is 17.1 Å². The molecule has 0 spiro atoms. The molecule has 0 aliphatic carbocycles. The van der Waals surface area contributed by atoms with Gasteiger partial charge in [0.05, 0.1) is 0 Å². The highest BCUT2D eigenvalue weighted by molar-refractivity contribution is 5.96. The molecule has 1 nitrogen and oxygen atoms in total. The van der Waals surface area contributed by atoms with Crippen molar-refractivity contribution in [2.24, 2.45) is 0 Å². The largest absolute Gasteiger partial charge is 0.310 e. The van der Waals surface area contributed by atoms with Gasteiger partial charge in [-0.1, -0.05) is 114 Å². The number of hydrogen-bond donors (Lipinski definition) is 0. The summed E-state index contributed by atoms with van der Waals surface area (Å²) in [4.78, 5) is 2.33. The molecule has 1 heteroatoms. The van der Waals surface area contributed by atoms with E-state index in [0.717, 1.165) is 17.1 Å². The van der Waals surface area contributed by atoms with Crippen molar-refractivity contribution in [2.45, 2.75) is 13.8 Å². The third-order valence-electron chi connectivity index (χ3n) is 7.01. The molecule has 6 aromatic carbocycles. The molecule has 0 amide bonds. The molecule has 0 bridgehead atoms. The lowest BCUT2D eigenvalue weighted by molar-refractivity contribution is 1.27. The smallest absolute Gasteiger partial charge is 0.0467 e. The van der Waals surface area contributed by atoms with Crippen LogP contribution in [-0.2, 0) is 0 Å². The number of hydrogen-bond acceptors (Lipinski definition) is 1. The summed E-state index contributed by atoms with van der Waals surface area (Å²) in [5.74, 6) is 0. The van der Waals surface area contributed by atoms with Gasteiger partial charge in [-0.05, 0) is 83.3 Å². The van der Waals surface area contributed by atoms with Gasteiger partial charge in [-0.25, -0.2) is 0 Å². The molecule has 0 aliphatic heterocycles. The van der Waals surface area contributed by atoms with Gasteiger partial charge >= 0.3 is 0 Å². The zero-order valence-electron chi connectivity index (χ0n) is 21.2. The van der Waals surface area contributed by atoms with Gasteiger partial charge in [-0.3, -0.25) is 0 Å². The zero-order valence-corrected chi connectivity index (χ0v) is 21.2. The molecule has 0 aromatic heterocycles. The minimum atomic E-state index is 1.14. The van der Waals surface area contributed by atoms with E-state index in [1.165, 1.54) is 44.2 Å². The van der Waals surface area contributed by atoms with E-state index < -0.39 is 0 Å². The predicted octanol–water partition coefficient (Wildman–Crippen LogP) is 10.3. The van der Waals surface area contributed by atoms with Crippen molar-refractivity contribution < 1.29 is 0 Å². The van der Waals surface area contributed by atoms with Crippen molar-refractivity contribution in [3.63, 3.8) is 0 Å². The summed E-state index contributed by atoms with van der Waals surface area (Å²) >= 11 is 0. The summed E-state index contributed by atoms with van der Waals surface area (Å²) in [5.41, 5.74) is 10.9. The van der Waals surface area contributed by atoms with Crippen LogP contribution >= 0.6 is 0 Å². The molecule has 0 saturated carbocycles. The summed E-state index contributed by atoms with van der Waals surface area (Å²) in [5, 5.41) is 2.55. The van der Waals surface area contributed by atoms with Crippen molar-refractivity contribution in [3.8, 4) is 22.3 Å². The number of anilines is 3. The van der Waals surface area contributed by atoms with Crippen LogP contribution in [0.3, 0.4) is 0 Å². The predicted molar refractivity (Wildman–Crippen MR) is 159 cm³/mol. The first-order valence-electron chi connectivity index (χ1n) is 12.8. The molecular weight excluding hydrogens is 446 g/mol. The van der Waals surface area contributed by atoms with Gasteiger partial charge in [0.1, 0.15) is 0 Å². The molecule has 0 aliphatic rings. The maximum absolute atomic E-state index is 2.33. The highest BCUT2D eigenvalue weighted by Gasteiger charge is 2.13. The van der Waals surface area contributed by atoms with Crippen LogP contribution in [0.15, 0.2) is 140 Å². The average Bonchev–Trinajstić information content (AvgIpc) is 2.95. The minimum Gasteiger partial charge on any atom is -0.310 e. The number of benzene rings is 6. The fourth-order valence-electron chi connectivity index (χ4n) is 4.98. The molecule has 0 heterocycles. The zero-order chi connectivity index (χ0) is 25.2. The van der Waals surface area contributed by atoms with E-state index in [9.17, 15) is 0 Å². The number of rotatable bonds is 5. The maximum Gasteiger partial charge on any atom is 0.0467 e. The highest BCUT2D eigenvalue weighted by Crippen LogP contribution is 2.37. The second-order valence-corrected chi connectivity index (χ2v) is 9.66. The topological polar surface area (TPSA) is 3.24 Å². The van der Waals surface area contributed by atoms with Crippen LogP contribution in [0.2, 0.25) is 0 Å². The van der Waals surface area contributed by atoms with Crippen LogP contribution < -0.4 is 4.90 Å². The van der Waals surface area contributed by atoms with E-state index in [1.54, 1.807) is 0 Å². The van der Waals surface area contributed by atoms with Crippen LogP contribution in [0.4, 0.5) is 17.1 Å². The first kappa shape index (κ1) is 22.8. The summed E-state index contributed by atoms with van der Waals surface area (Å²) in [6.45, 7) is 4.26. The molecule has 6 rings (SSSR count). The molecule has 0 atom stereocenters. The third kappa shape index (κ3) is 4.64. The molecule has 0 radical (unpaired) electrons. The van der Waals surface area contributed by atoms with Crippen molar-refractivity contribution in [1.82, 2.24) is 0 Å². The second-order valence-electron chi connectivity index (χ2n) is 9.66. The van der Waals surface area contributed by atoms with Crippen LogP contribution in [-0.4, -0.2) is 0 Å². The monoisotopic (exact) mass is 475 g/mol. The SMILES string of the molecule is Cc1ccc(N(c2ccc(C)cc2)c2cccc(-c3ccc(-c4cccc5ccccc45)cc3)c2)cc1. The Bertz CT molecular complexity index is 1610. The van der Waals surface area contributed by atoms with Crippen LogP contribution in [0, 0.1) is 13.8 Å². The van der Waals surface area contributed by atoms with Crippen LogP contribution in [0.1, 0.15) is 11.1 Å². The summed E-state index contributed by atoms with van der Waals surface area (Å²) in [6.07, 6.45) is 0. The van der Waals surface area contributed by atoms with Crippen LogP contribution in [0.25, 0.3) is 33.0 Å². The Hall–Kier alpha value is -4.62. The molecule has 0 N–H and O–H groups in total. The van der Waals surface area contributed by atoms with E-state index in [1.807, 2.05) is 0 Å². The van der Waals surface area contributed by atoms with E-state index in [-0.39, 0.29) is 0 Å². The average molecular weight is 476 g/mol. The molecule has 37 heavy (non-hydrogen) atoms. The lowest BCUT2D eigenvalue weighted by Crippen LogP contribution is -2.10. The van der Waals surface area contributed by atoms with Gasteiger partial charge in [0.25, 0.3) is 0 Å². The molecule has 6 aromatic rings. The Labute approximate surface area is 219 Å². The fraction of sp³-hybridized carbons (Fsp3) is 0.0556. The van der Waals surface area contributed by atoms with Crippen LogP contribution in [0.5, 0.6) is 0 Å². The number of aryl methyl sites for hydroxylation is 2. The Kier molecular flexibility index (Phi) is 6.04. The van der Waals surface area contributed by atoms with E-state index in [0.29, 0.717) is 0 Å².